The Morgan fingerprint density at radius 2 is 1.89 bits per heavy atom. The van der Waals surface area contributed by atoms with Crippen molar-refractivity contribution >= 4 is 17.7 Å². The van der Waals surface area contributed by atoms with Gasteiger partial charge < -0.3 is 5.32 Å². The molecule has 0 atom stereocenters. The van der Waals surface area contributed by atoms with Gasteiger partial charge in [-0.2, -0.15) is 0 Å². The second kappa shape index (κ2) is 9.19. The van der Waals surface area contributed by atoms with Gasteiger partial charge >= 0.3 is 0 Å². The maximum absolute atomic E-state index is 12.2. The van der Waals surface area contributed by atoms with Crippen LogP contribution in [-0.4, -0.2) is 26.4 Å². The zero-order chi connectivity index (χ0) is 19.1. The van der Waals surface area contributed by atoms with Gasteiger partial charge in [-0.15, -0.1) is 16.8 Å². The van der Waals surface area contributed by atoms with Gasteiger partial charge in [0, 0.05) is 18.7 Å². The Bertz CT molecular complexity index is 921. The van der Waals surface area contributed by atoms with Gasteiger partial charge in [-0.1, -0.05) is 72.4 Å². The van der Waals surface area contributed by atoms with Crippen molar-refractivity contribution in [3.05, 3.63) is 78.4 Å². The fourth-order valence-corrected chi connectivity index (χ4v) is 3.47. The smallest absolute Gasteiger partial charge is 0.230 e. The molecule has 0 aliphatic rings. The van der Waals surface area contributed by atoms with Gasteiger partial charge in [0.1, 0.15) is 0 Å². The number of allylic oxidation sites excluding steroid dienone is 1. The molecule has 3 aromatic rings. The van der Waals surface area contributed by atoms with E-state index in [0.717, 1.165) is 22.5 Å². The number of nitrogens with zero attached hydrogens (tertiary/aromatic N) is 3. The fourth-order valence-electron chi connectivity index (χ4n) is 2.69. The van der Waals surface area contributed by atoms with Crippen LogP contribution >= 0.6 is 11.8 Å². The summed E-state index contributed by atoms with van der Waals surface area (Å²) in [7, 11) is 0. The molecule has 0 fully saturated rings. The Kier molecular flexibility index (Phi) is 6.44. The topological polar surface area (TPSA) is 59.8 Å². The van der Waals surface area contributed by atoms with E-state index in [0.29, 0.717) is 18.2 Å². The second-order valence-corrected chi connectivity index (χ2v) is 7.01. The highest BCUT2D eigenvalue weighted by atomic mass is 32.2. The van der Waals surface area contributed by atoms with Crippen LogP contribution < -0.4 is 5.32 Å². The first-order valence-electron chi connectivity index (χ1n) is 8.72. The van der Waals surface area contributed by atoms with E-state index in [1.807, 2.05) is 72.2 Å². The highest BCUT2D eigenvalue weighted by molar-refractivity contribution is 7.99. The van der Waals surface area contributed by atoms with E-state index in [1.165, 1.54) is 11.8 Å². The van der Waals surface area contributed by atoms with Gasteiger partial charge in [0.15, 0.2) is 11.0 Å². The lowest BCUT2D eigenvalue weighted by Gasteiger charge is -2.09. The van der Waals surface area contributed by atoms with Crippen LogP contribution in [0.1, 0.15) is 11.1 Å². The van der Waals surface area contributed by atoms with Crippen molar-refractivity contribution in [1.82, 2.24) is 20.1 Å². The van der Waals surface area contributed by atoms with Crippen molar-refractivity contribution in [3.8, 4) is 11.4 Å². The predicted molar refractivity (Wildman–Crippen MR) is 109 cm³/mol. The molecule has 0 bridgehead atoms. The van der Waals surface area contributed by atoms with Gasteiger partial charge in [0.05, 0.1) is 5.75 Å². The third-order valence-corrected chi connectivity index (χ3v) is 5.05. The molecule has 0 aliphatic carbocycles. The average molecular weight is 379 g/mol. The van der Waals surface area contributed by atoms with E-state index in [-0.39, 0.29) is 11.7 Å². The molecule has 1 amide bonds. The van der Waals surface area contributed by atoms with Crippen LogP contribution in [0.3, 0.4) is 0 Å². The van der Waals surface area contributed by atoms with Crippen LogP contribution in [-0.2, 0) is 17.9 Å². The summed E-state index contributed by atoms with van der Waals surface area (Å²) in [6, 6.07) is 17.9. The molecule has 0 unspecified atom stereocenters. The largest absolute Gasteiger partial charge is 0.351 e. The minimum Gasteiger partial charge on any atom is -0.351 e. The maximum atomic E-state index is 12.2. The van der Waals surface area contributed by atoms with E-state index in [4.69, 9.17) is 0 Å². The van der Waals surface area contributed by atoms with Crippen LogP contribution in [0.4, 0.5) is 0 Å². The third kappa shape index (κ3) is 4.86. The molecule has 2 aromatic carbocycles. The van der Waals surface area contributed by atoms with E-state index in [1.54, 1.807) is 0 Å². The Morgan fingerprint density at radius 3 is 2.63 bits per heavy atom. The van der Waals surface area contributed by atoms with Crippen molar-refractivity contribution in [1.29, 1.82) is 0 Å². The number of aryl methyl sites for hydroxylation is 1. The molecular weight excluding hydrogens is 356 g/mol. The molecule has 138 valence electrons. The van der Waals surface area contributed by atoms with Crippen molar-refractivity contribution in [2.24, 2.45) is 0 Å². The van der Waals surface area contributed by atoms with E-state index in [9.17, 15) is 4.79 Å². The summed E-state index contributed by atoms with van der Waals surface area (Å²) < 4.78 is 1.99. The Balaban J connectivity index is 1.67. The molecule has 6 heteroatoms. The number of carbonyl (C=O) groups excluding carboxylic acids is 1. The number of benzene rings is 2. The molecule has 0 spiro atoms. The number of nitrogens with one attached hydrogen (secondary N) is 1. The first-order chi connectivity index (χ1) is 13.2. The van der Waals surface area contributed by atoms with Gasteiger partial charge in [-0.25, -0.2) is 0 Å². The minimum absolute atomic E-state index is 0.0329. The molecule has 27 heavy (non-hydrogen) atoms. The van der Waals surface area contributed by atoms with Gasteiger partial charge in [-0.3, -0.25) is 9.36 Å². The lowest BCUT2D eigenvalue weighted by atomic mass is 10.1. The summed E-state index contributed by atoms with van der Waals surface area (Å²) in [6.07, 6.45) is 1.81. The van der Waals surface area contributed by atoms with Gasteiger partial charge in [-0.05, 0) is 18.1 Å². The molecule has 5 nitrogen and oxygen atoms in total. The van der Waals surface area contributed by atoms with Crippen molar-refractivity contribution < 1.29 is 4.79 Å². The monoisotopic (exact) mass is 378 g/mol. The number of thioether (sulfide) groups is 1. The molecule has 1 N–H and O–H groups in total. The Hall–Kier alpha value is -2.86. The summed E-state index contributed by atoms with van der Waals surface area (Å²) in [6.45, 7) is 6.98. The van der Waals surface area contributed by atoms with E-state index < -0.39 is 0 Å². The minimum atomic E-state index is -0.0329. The number of carbonyl (C=O) groups is 1. The molecule has 0 saturated heterocycles. The number of rotatable bonds is 8. The summed E-state index contributed by atoms with van der Waals surface area (Å²) >= 11 is 1.38. The molecule has 1 aromatic heterocycles. The first kappa shape index (κ1) is 18.9. The highest BCUT2D eigenvalue weighted by Gasteiger charge is 2.16. The molecule has 0 radical (unpaired) electrons. The number of aromatic nitrogens is 3. The van der Waals surface area contributed by atoms with Crippen LogP contribution in [0, 0.1) is 6.92 Å². The SMILES string of the molecule is C=CCn1c(SCC(=O)NCc2ccccc2)nnc1-c1ccccc1C. The van der Waals surface area contributed by atoms with Gasteiger partial charge in [0.2, 0.25) is 5.91 Å². The first-order valence-corrected chi connectivity index (χ1v) is 9.71. The Labute approximate surface area is 163 Å². The van der Waals surface area contributed by atoms with Crippen LogP contribution in [0.25, 0.3) is 11.4 Å². The summed E-state index contributed by atoms with van der Waals surface area (Å²) in [5.74, 6) is 1.05. The van der Waals surface area contributed by atoms with E-state index in [2.05, 4.69) is 22.1 Å². The molecule has 1 heterocycles. The van der Waals surface area contributed by atoms with E-state index >= 15 is 0 Å². The normalized spacial score (nSPS) is 10.6. The van der Waals surface area contributed by atoms with Crippen molar-refractivity contribution in [2.75, 3.05) is 5.75 Å². The summed E-state index contributed by atoms with van der Waals surface area (Å²) in [5.41, 5.74) is 3.24. The molecular formula is C21H22N4OS. The highest BCUT2D eigenvalue weighted by Crippen LogP contribution is 2.26. The van der Waals surface area contributed by atoms with Crippen LogP contribution in [0.2, 0.25) is 0 Å². The number of amides is 1. The number of hydrogen-bond donors (Lipinski definition) is 1. The predicted octanol–water partition coefficient (Wildman–Crippen LogP) is 3.85. The molecule has 0 aliphatic heterocycles. The number of hydrogen-bond acceptors (Lipinski definition) is 4. The lowest BCUT2D eigenvalue weighted by molar-refractivity contribution is -0.118. The van der Waals surface area contributed by atoms with Crippen LogP contribution in [0.15, 0.2) is 72.4 Å². The lowest BCUT2D eigenvalue weighted by Crippen LogP contribution is -2.24. The standard InChI is InChI=1S/C21H22N4OS/c1-3-13-25-20(18-12-8-7-9-16(18)2)23-24-21(25)27-15-19(26)22-14-17-10-5-4-6-11-17/h3-12H,1,13-15H2,2H3,(H,22,26). The maximum Gasteiger partial charge on any atom is 0.230 e. The average Bonchev–Trinajstić information content (AvgIpc) is 3.09. The summed E-state index contributed by atoms with van der Waals surface area (Å²) in [5, 5.41) is 12.3. The van der Waals surface area contributed by atoms with Crippen molar-refractivity contribution in [2.45, 2.75) is 25.2 Å². The fraction of sp³-hybridized carbons (Fsp3) is 0.190. The third-order valence-electron chi connectivity index (χ3n) is 4.08. The van der Waals surface area contributed by atoms with Crippen LogP contribution in [0.5, 0.6) is 0 Å². The summed E-state index contributed by atoms with van der Waals surface area (Å²) in [4.78, 5) is 12.2. The molecule has 0 saturated carbocycles. The van der Waals surface area contributed by atoms with Crippen molar-refractivity contribution in [3.63, 3.8) is 0 Å². The second-order valence-electron chi connectivity index (χ2n) is 6.07. The van der Waals surface area contributed by atoms with Gasteiger partial charge in [0.25, 0.3) is 0 Å². The Morgan fingerprint density at radius 1 is 1.15 bits per heavy atom. The zero-order valence-corrected chi connectivity index (χ0v) is 16.1. The zero-order valence-electron chi connectivity index (χ0n) is 15.3. The molecule has 3 rings (SSSR count). The quantitative estimate of drug-likeness (QED) is 0.478.